The summed E-state index contributed by atoms with van der Waals surface area (Å²) in [4.78, 5) is 11.2. The van der Waals surface area contributed by atoms with Crippen LogP contribution in [0, 0.1) is 0 Å². The molecule has 0 amide bonds. The average Bonchev–Trinajstić information content (AvgIpc) is 2.38. The minimum absolute atomic E-state index is 0.120. The Bertz CT molecular complexity index is 473. The van der Waals surface area contributed by atoms with Crippen molar-refractivity contribution in [3.05, 3.63) is 42.0 Å². The molecule has 1 aromatic carbocycles. The topological polar surface area (TPSA) is 46.5 Å². The monoisotopic (exact) mass is 260 g/mol. The fourth-order valence-corrected chi connectivity index (χ4v) is 1.57. The van der Waals surface area contributed by atoms with Crippen LogP contribution in [0.15, 0.2) is 36.4 Å². The number of hydrogen-bond acceptors (Lipinski definition) is 3. The van der Waals surface area contributed by atoms with Crippen molar-refractivity contribution in [2.75, 3.05) is 6.61 Å². The molecule has 0 radical (unpaired) electrons. The van der Waals surface area contributed by atoms with Crippen molar-refractivity contribution in [2.24, 2.45) is 0 Å². The normalized spacial score (nSPS) is 11.3. The Kier molecular flexibility index (Phi) is 6.44. The number of aromatic hydroxyl groups is 1. The minimum Gasteiger partial charge on any atom is -0.504 e. The third kappa shape index (κ3) is 5.42. The largest absolute Gasteiger partial charge is 0.504 e. The third-order valence-electron chi connectivity index (χ3n) is 2.46. The molecule has 0 atom stereocenters. The highest BCUT2D eigenvalue weighted by Gasteiger charge is 2.00. The van der Waals surface area contributed by atoms with E-state index in [-0.39, 0.29) is 11.5 Å². The van der Waals surface area contributed by atoms with E-state index >= 15 is 0 Å². The molecule has 0 heterocycles. The average molecular weight is 260 g/mol. The maximum atomic E-state index is 11.2. The highest BCUT2D eigenvalue weighted by Crippen LogP contribution is 2.27. The first-order chi connectivity index (χ1) is 9.17. The van der Waals surface area contributed by atoms with E-state index in [1.165, 1.54) is 0 Å². The van der Waals surface area contributed by atoms with Crippen molar-refractivity contribution in [2.45, 2.75) is 26.7 Å². The molecule has 19 heavy (non-hydrogen) atoms. The van der Waals surface area contributed by atoms with E-state index < -0.39 is 0 Å². The summed E-state index contributed by atoms with van der Waals surface area (Å²) in [5.74, 6) is 0.727. The van der Waals surface area contributed by atoms with Crippen LogP contribution in [0.25, 0.3) is 6.08 Å². The number of rotatable bonds is 7. The fraction of sp³-hybridized carbons (Fsp3) is 0.312. The van der Waals surface area contributed by atoms with E-state index in [1.807, 2.05) is 26.0 Å². The van der Waals surface area contributed by atoms with Crippen LogP contribution >= 0.6 is 0 Å². The van der Waals surface area contributed by atoms with Crippen molar-refractivity contribution in [1.29, 1.82) is 0 Å². The first-order valence-electron chi connectivity index (χ1n) is 6.50. The number of ketones is 1. The zero-order valence-electron chi connectivity index (χ0n) is 11.4. The quantitative estimate of drug-likeness (QED) is 0.600. The summed E-state index contributed by atoms with van der Waals surface area (Å²) >= 11 is 0. The van der Waals surface area contributed by atoms with Crippen LogP contribution in [0.3, 0.4) is 0 Å². The van der Waals surface area contributed by atoms with Gasteiger partial charge >= 0.3 is 0 Å². The number of phenolic OH excluding ortho intramolecular Hbond substituents is 1. The second kappa shape index (κ2) is 8.14. The molecule has 3 nitrogen and oxygen atoms in total. The molecule has 0 unspecified atom stereocenters. The Labute approximate surface area is 114 Å². The summed E-state index contributed by atoms with van der Waals surface area (Å²) in [6, 6.07) is 5.20. The molecule has 1 rings (SSSR count). The lowest BCUT2D eigenvalue weighted by Gasteiger charge is -2.05. The number of allylic oxidation sites excluding steroid dienone is 3. The van der Waals surface area contributed by atoms with Gasteiger partial charge in [-0.1, -0.05) is 31.2 Å². The van der Waals surface area contributed by atoms with Gasteiger partial charge in [-0.3, -0.25) is 4.79 Å². The molecule has 0 aliphatic heterocycles. The van der Waals surface area contributed by atoms with Crippen molar-refractivity contribution >= 4 is 11.9 Å². The van der Waals surface area contributed by atoms with Crippen LogP contribution in [-0.2, 0) is 4.79 Å². The lowest BCUT2D eigenvalue weighted by Crippen LogP contribution is -1.91. The summed E-state index contributed by atoms with van der Waals surface area (Å²) in [5.41, 5.74) is 0.855. The second-order valence-electron chi connectivity index (χ2n) is 4.09. The zero-order valence-corrected chi connectivity index (χ0v) is 11.4. The second-order valence-corrected chi connectivity index (χ2v) is 4.09. The summed E-state index contributed by atoms with van der Waals surface area (Å²) in [6.45, 7) is 4.36. The number of hydrogen-bond donors (Lipinski definition) is 1. The summed E-state index contributed by atoms with van der Waals surface area (Å²) < 4.78 is 5.24. The molecule has 3 heteroatoms. The zero-order chi connectivity index (χ0) is 14.1. The van der Waals surface area contributed by atoms with Crippen LogP contribution in [-0.4, -0.2) is 17.5 Å². The molecular weight excluding hydrogens is 240 g/mol. The first kappa shape index (κ1) is 15.0. The molecule has 0 fully saturated rings. The van der Waals surface area contributed by atoms with E-state index in [1.54, 1.807) is 30.4 Å². The Morgan fingerprint density at radius 2 is 2.11 bits per heavy atom. The van der Waals surface area contributed by atoms with Crippen LogP contribution in [0.2, 0.25) is 0 Å². The van der Waals surface area contributed by atoms with Crippen molar-refractivity contribution < 1.29 is 14.6 Å². The summed E-state index contributed by atoms with van der Waals surface area (Å²) in [5, 5.41) is 9.71. The number of ether oxygens (including phenoxy) is 1. The maximum absolute atomic E-state index is 11.2. The van der Waals surface area contributed by atoms with Crippen LogP contribution in [0.5, 0.6) is 11.5 Å². The van der Waals surface area contributed by atoms with E-state index in [2.05, 4.69) is 0 Å². The fourth-order valence-electron chi connectivity index (χ4n) is 1.57. The van der Waals surface area contributed by atoms with E-state index in [9.17, 15) is 9.90 Å². The van der Waals surface area contributed by atoms with Gasteiger partial charge in [0, 0.05) is 6.42 Å². The molecule has 0 spiro atoms. The molecule has 0 aliphatic carbocycles. The van der Waals surface area contributed by atoms with Crippen LogP contribution in [0.1, 0.15) is 32.3 Å². The molecule has 1 N–H and O–H groups in total. The van der Waals surface area contributed by atoms with Crippen LogP contribution < -0.4 is 4.74 Å². The number of carbonyl (C=O) groups excluding carboxylic acids is 1. The van der Waals surface area contributed by atoms with Gasteiger partial charge in [-0.25, -0.2) is 0 Å². The summed E-state index contributed by atoms with van der Waals surface area (Å²) in [6.07, 6.45) is 8.32. The lowest BCUT2D eigenvalue weighted by atomic mass is 10.1. The predicted octanol–water partition coefficient (Wildman–Crippen LogP) is 3.73. The van der Waals surface area contributed by atoms with Gasteiger partial charge in [-0.15, -0.1) is 0 Å². The lowest BCUT2D eigenvalue weighted by molar-refractivity contribution is -0.114. The third-order valence-corrected chi connectivity index (χ3v) is 2.46. The molecular formula is C16H20O3. The smallest absolute Gasteiger partial charge is 0.160 e. The standard InChI is InChI=1S/C16H20O3/c1-3-7-14(17)9-6-5-8-13-10-11-16(19-4-2)15(18)12-13/h5-6,8-12,18H,3-4,7H2,1-2H3. The van der Waals surface area contributed by atoms with Gasteiger partial charge in [0.05, 0.1) is 6.61 Å². The Hall–Kier alpha value is -2.03. The van der Waals surface area contributed by atoms with E-state index in [0.717, 1.165) is 12.0 Å². The van der Waals surface area contributed by atoms with Crippen molar-refractivity contribution in [3.63, 3.8) is 0 Å². The van der Waals surface area contributed by atoms with Gasteiger partial charge in [-0.05, 0) is 37.1 Å². The maximum Gasteiger partial charge on any atom is 0.160 e. The number of benzene rings is 1. The minimum atomic E-state index is 0.120. The van der Waals surface area contributed by atoms with E-state index in [4.69, 9.17) is 4.74 Å². The molecule has 0 aromatic heterocycles. The first-order valence-corrected chi connectivity index (χ1v) is 6.50. The SMILES string of the molecule is CCCC(=O)C=CC=Cc1ccc(OCC)c(O)c1. The van der Waals surface area contributed by atoms with Gasteiger partial charge in [0.25, 0.3) is 0 Å². The van der Waals surface area contributed by atoms with Crippen molar-refractivity contribution in [3.8, 4) is 11.5 Å². The Morgan fingerprint density at radius 1 is 1.32 bits per heavy atom. The highest BCUT2D eigenvalue weighted by molar-refractivity contribution is 5.89. The predicted molar refractivity (Wildman–Crippen MR) is 77.4 cm³/mol. The van der Waals surface area contributed by atoms with Gasteiger partial charge in [0.1, 0.15) is 0 Å². The van der Waals surface area contributed by atoms with Gasteiger partial charge in [-0.2, -0.15) is 0 Å². The number of carbonyl (C=O) groups is 1. The highest BCUT2D eigenvalue weighted by atomic mass is 16.5. The van der Waals surface area contributed by atoms with Crippen LogP contribution in [0.4, 0.5) is 0 Å². The Balaban J connectivity index is 2.62. The summed E-state index contributed by atoms with van der Waals surface area (Å²) in [7, 11) is 0. The molecule has 102 valence electrons. The molecule has 0 saturated carbocycles. The molecule has 1 aromatic rings. The molecule has 0 aliphatic rings. The van der Waals surface area contributed by atoms with Crippen molar-refractivity contribution in [1.82, 2.24) is 0 Å². The van der Waals surface area contributed by atoms with Gasteiger partial charge in [0.15, 0.2) is 17.3 Å². The molecule has 0 saturated heterocycles. The molecule has 0 bridgehead atoms. The van der Waals surface area contributed by atoms with Gasteiger partial charge < -0.3 is 9.84 Å². The number of phenols is 1. The van der Waals surface area contributed by atoms with Gasteiger partial charge in [0.2, 0.25) is 0 Å². The van der Waals surface area contributed by atoms with E-state index in [0.29, 0.717) is 18.8 Å². The Morgan fingerprint density at radius 3 is 2.74 bits per heavy atom.